The van der Waals surface area contributed by atoms with Crippen LogP contribution in [0.2, 0.25) is 0 Å². The van der Waals surface area contributed by atoms with E-state index in [-0.39, 0.29) is 4.90 Å². The molecule has 1 aromatic carbocycles. The summed E-state index contributed by atoms with van der Waals surface area (Å²) in [7, 11) is -2.18. The van der Waals surface area contributed by atoms with Crippen molar-refractivity contribution in [3.8, 4) is 5.75 Å². The van der Waals surface area contributed by atoms with Crippen LogP contribution in [0.3, 0.4) is 0 Å². The quantitative estimate of drug-likeness (QED) is 0.665. The molecule has 1 aromatic heterocycles. The topological polar surface area (TPSA) is 65.5 Å². The predicted octanol–water partition coefficient (Wildman–Crippen LogP) is 3.99. The number of methoxy groups -OCH3 is 1. The highest BCUT2D eigenvalue weighted by Crippen LogP contribution is 2.19. The third-order valence-corrected chi connectivity index (χ3v) is 5.08. The third-order valence-electron chi connectivity index (χ3n) is 3.71. The molecule has 0 spiro atoms. The highest BCUT2D eigenvalue weighted by atomic mass is 32.2. The molecule has 0 N–H and O–H groups in total. The molecule has 2 rings (SSSR count). The Morgan fingerprint density at radius 2 is 1.92 bits per heavy atom. The van der Waals surface area contributed by atoms with Gasteiger partial charge in [-0.15, -0.1) is 0 Å². The minimum Gasteiger partial charge on any atom is -0.495 e. The zero-order chi connectivity index (χ0) is 18.3. The molecule has 0 aliphatic rings. The summed E-state index contributed by atoms with van der Waals surface area (Å²) in [5, 5.41) is 0. The van der Waals surface area contributed by atoms with Gasteiger partial charge in [-0.2, -0.15) is 8.42 Å². The first-order chi connectivity index (χ1) is 11.9. The van der Waals surface area contributed by atoms with Gasteiger partial charge in [0.05, 0.1) is 24.3 Å². The van der Waals surface area contributed by atoms with Gasteiger partial charge in [0.2, 0.25) is 0 Å². The summed E-state index contributed by atoms with van der Waals surface area (Å²) in [6.45, 7) is 3.81. The molecule has 0 saturated heterocycles. The minimum absolute atomic E-state index is 0.178. The van der Waals surface area contributed by atoms with Crippen LogP contribution in [0.25, 0.3) is 6.08 Å². The van der Waals surface area contributed by atoms with E-state index in [0.717, 1.165) is 11.1 Å². The number of aryl methyl sites for hydroxylation is 1. The Labute approximate surface area is 149 Å². The lowest BCUT2D eigenvalue weighted by atomic mass is 10.1. The summed E-state index contributed by atoms with van der Waals surface area (Å²) in [5.41, 5.74) is 1.89. The smallest absolute Gasteiger partial charge is 0.297 e. The average Bonchev–Trinajstić information content (AvgIpc) is 2.61. The van der Waals surface area contributed by atoms with Gasteiger partial charge in [-0.1, -0.05) is 36.8 Å². The molecule has 0 aliphatic carbocycles. The molecule has 0 bridgehead atoms. The Hall–Kier alpha value is -2.18. The van der Waals surface area contributed by atoms with Crippen LogP contribution in [0.15, 0.2) is 53.7 Å². The van der Waals surface area contributed by atoms with Crippen molar-refractivity contribution in [1.82, 2.24) is 4.98 Å². The van der Waals surface area contributed by atoms with Gasteiger partial charge in [0.1, 0.15) is 5.75 Å². The molecule has 1 atom stereocenters. The summed E-state index contributed by atoms with van der Waals surface area (Å²) in [6.07, 6.45) is 7.76. The molecule has 6 heteroatoms. The number of ether oxygens (including phenoxy) is 1. The summed E-state index contributed by atoms with van der Waals surface area (Å²) in [5.74, 6) is 0.674. The molecule has 2 aromatic rings. The van der Waals surface area contributed by atoms with Crippen LogP contribution in [-0.2, 0) is 14.3 Å². The van der Waals surface area contributed by atoms with E-state index < -0.39 is 16.2 Å². The van der Waals surface area contributed by atoms with Gasteiger partial charge >= 0.3 is 0 Å². The Balaban J connectivity index is 2.02. The molecule has 0 amide bonds. The number of hydrogen-bond acceptors (Lipinski definition) is 5. The molecule has 25 heavy (non-hydrogen) atoms. The first-order valence-corrected chi connectivity index (χ1v) is 9.51. The molecule has 0 radical (unpaired) electrons. The number of nitrogens with zero attached hydrogens (tertiary/aromatic N) is 1. The van der Waals surface area contributed by atoms with Crippen LogP contribution < -0.4 is 4.74 Å². The molecule has 0 fully saturated rings. The second kappa shape index (κ2) is 8.78. The fourth-order valence-corrected chi connectivity index (χ4v) is 3.36. The van der Waals surface area contributed by atoms with E-state index in [2.05, 4.69) is 4.98 Å². The lowest BCUT2D eigenvalue weighted by Gasteiger charge is -2.14. The predicted molar refractivity (Wildman–Crippen MR) is 98.0 cm³/mol. The van der Waals surface area contributed by atoms with Crippen molar-refractivity contribution in [2.75, 3.05) is 7.11 Å². The maximum atomic E-state index is 12.4. The number of hydrogen-bond donors (Lipinski definition) is 0. The standard InChI is InChI=1S/C19H23NO4S/c1-4-17(7-5-6-16-12-18(23-3)14-20-13-16)24-25(21,22)19-10-8-15(2)9-11-19/h5-6,8-14,17H,4,7H2,1-3H3. The minimum atomic E-state index is -3.76. The highest BCUT2D eigenvalue weighted by molar-refractivity contribution is 7.86. The van der Waals surface area contributed by atoms with E-state index in [9.17, 15) is 8.42 Å². The molecular weight excluding hydrogens is 338 g/mol. The number of benzene rings is 1. The second-order valence-electron chi connectivity index (χ2n) is 5.69. The average molecular weight is 361 g/mol. The lowest BCUT2D eigenvalue weighted by molar-refractivity contribution is 0.208. The van der Waals surface area contributed by atoms with E-state index in [0.29, 0.717) is 18.6 Å². The highest BCUT2D eigenvalue weighted by Gasteiger charge is 2.19. The van der Waals surface area contributed by atoms with Gasteiger partial charge in [-0.05, 0) is 43.5 Å². The van der Waals surface area contributed by atoms with Crippen LogP contribution >= 0.6 is 0 Å². The molecule has 0 saturated carbocycles. The van der Waals surface area contributed by atoms with Crippen molar-refractivity contribution in [3.63, 3.8) is 0 Å². The van der Waals surface area contributed by atoms with Gasteiger partial charge in [-0.25, -0.2) is 0 Å². The van der Waals surface area contributed by atoms with Crippen LogP contribution in [0.5, 0.6) is 5.75 Å². The fourth-order valence-electron chi connectivity index (χ4n) is 2.21. The number of aromatic nitrogens is 1. The van der Waals surface area contributed by atoms with Crippen LogP contribution in [0.4, 0.5) is 0 Å². The van der Waals surface area contributed by atoms with Crippen molar-refractivity contribution in [2.45, 2.75) is 37.7 Å². The molecule has 1 heterocycles. The van der Waals surface area contributed by atoms with Crippen molar-refractivity contribution in [3.05, 3.63) is 59.9 Å². The zero-order valence-electron chi connectivity index (χ0n) is 14.7. The third kappa shape index (κ3) is 5.69. The molecule has 1 unspecified atom stereocenters. The Kier molecular flexibility index (Phi) is 6.73. The number of rotatable bonds is 8. The van der Waals surface area contributed by atoms with E-state index >= 15 is 0 Å². The van der Waals surface area contributed by atoms with Crippen molar-refractivity contribution in [2.24, 2.45) is 0 Å². The summed E-state index contributed by atoms with van der Waals surface area (Å²) >= 11 is 0. The van der Waals surface area contributed by atoms with E-state index in [1.165, 1.54) is 0 Å². The molecule has 0 aliphatic heterocycles. The van der Waals surface area contributed by atoms with Crippen LogP contribution in [-0.4, -0.2) is 26.6 Å². The Morgan fingerprint density at radius 3 is 2.56 bits per heavy atom. The first kappa shape index (κ1) is 19.1. The second-order valence-corrected chi connectivity index (χ2v) is 7.26. The maximum absolute atomic E-state index is 12.4. The van der Waals surface area contributed by atoms with Gasteiger partial charge < -0.3 is 4.74 Å². The van der Waals surface area contributed by atoms with Crippen molar-refractivity contribution < 1.29 is 17.3 Å². The molecular formula is C19H23NO4S. The lowest BCUT2D eigenvalue weighted by Crippen LogP contribution is -2.17. The SMILES string of the molecule is CCC(CC=Cc1cncc(OC)c1)OS(=O)(=O)c1ccc(C)cc1. The molecule has 134 valence electrons. The van der Waals surface area contributed by atoms with Gasteiger partial charge in [0.15, 0.2) is 0 Å². The normalized spacial score (nSPS) is 13.1. The monoisotopic (exact) mass is 361 g/mol. The summed E-state index contributed by atoms with van der Waals surface area (Å²) in [6, 6.07) is 8.50. The fraction of sp³-hybridized carbons (Fsp3) is 0.316. The summed E-state index contributed by atoms with van der Waals surface area (Å²) in [4.78, 5) is 4.25. The van der Waals surface area contributed by atoms with E-state index in [1.54, 1.807) is 43.8 Å². The van der Waals surface area contributed by atoms with Gasteiger partial charge in [0.25, 0.3) is 10.1 Å². The van der Waals surface area contributed by atoms with Crippen LogP contribution in [0, 0.1) is 6.92 Å². The van der Waals surface area contributed by atoms with Gasteiger partial charge in [0, 0.05) is 6.20 Å². The summed E-state index contributed by atoms with van der Waals surface area (Å²) < 4.78 is 35.2. The van der Waals surface area contributed by atoms with E-state index in [1.807, 2.05) is 32.1 Å². The first-order valence-electron chi connectivity index (χ1n) is 8.10. The van der Waals surface area contributed by atoms with Crippen LogP contribution in [0.1, 0.15) is 30.9 Å². The van der Waals surface area contributed by atoms with E-state index in [4.69, 9.17) is 8.92 Å². The number of pyridine rings is 1. The zero-order valence-corrected chi connectivity index (χ0v) is 15.5. The Bertz CT molecular complexity index is 814. The van der Waals surface area contributed by atoms with Crippen molar-refractivity contribution >= 4 is 16.2 Å². The maximum Gasteiger partial charge on any atom is 0.297 e. The van der Waals surface area contributed by atoms with Crippen molar-refractivity contribution in [1.29, 1.82) is 0 Å². The van der Waals surface area contributed by atoms with Gasteiger partial charge in [-0.3, -0.25) is 9.17 Å². The largest absolute Gasteiger partial charge is 0.495 e. The molecule has 5 nitrogen and oxygen atoms in total. The Morgan fingerprint density at radius 1 is 1.20 bits per heavy atom.